The molecule has 3 aromatic rings. The van der Waals surface area contributed by atoms with Gasteiger partial charge in [-0.15, -0.1) is 0 Å². The number of aromatic nitrogens is 2. The molecule has 1 heterocycles. The Morgan fingerprint density at radius 3 is 2.19 bits per heavy atom. The Hall–Kier alpha value is -2.55. The highest BCUT2D eigenvalue weighted by atomic mass is 15.1. The lowest BCUT2D eigenvalue weighted by Crippen LogP contribution is -2.05. The van der Waals surface area contributed by atoms with Crippen molar-refractivity contribution in [1.82, 2.24) is 9.55 Å². The molecule has 0 aliphatic carbocycles. The zero-order valence-corrected chi connectivity index (χ0v) is 12.1. The van der Waals surface area contributed by atoms with Gasteiger partial charge in [-0.05, 0) is 17.5 Å². The smallest absolute Gasteiger partial charge is 0.200 e. The first kappa shape index (κ1) is 13.4. The van der Waals surface area contributed by atoms with Crippen LogP contribution in [0.4, 0.5) is 5.95 Å². The minimum Gasteiger partial charge on any atom is -0.369 e. The lowest BCUT2D eigenvalue weighted by Gasteiger charge is -2.15. The molecule has 0 aliphatic heterocycles. The quantitative estimate of drug-likeness (QED) is 0.794. The molecule has 21 heavy (non-hydrogen) atoms. The van der Waals surface area contributed by atoms with Crippen LogP contribution >= 0.6 is 0 Å². The van der Waals surface area contributed by atoms with Gasteiger partial charge < -0.3 is 10.3 Å². The SMILES string of the molecule is Cn1cc(C(Cc2ccccc2)c2ccccc2)nc1N. The van der Waals surface area contributed by atoms with Gasteiger partial charge in [-0.1, -0.05) is 60.7 Å². The van der Waals surface area contributed by atoms with E-state index >= 15 is 0 Å². The Bertz CT molecular complexity index is 682. The third kappa shape index (κ3) is 2.97. The predicted molar refractivity (Wildman–Crippen MR) is 86.1 cm³/mol. The first-order chi connectivity index (χ1) is 10.2. The van der Waals surface area contributed by atoms with Gasteiger partial charge in [-0.3, -0.25) is 0 Å². The Morgan fingerprint density at radius 1 is 1.00 bits per heavy atom. The van der Waals surface area contributed by atoms with Crippen LogP contribution in [0.1, 0.15) is 22.7 Å². The number of nitrogen functional groups attached to an aromatic ring is 1. The number of imidazole rings is 1. The fourth-order valence-corrected chi connectivity index (χ4v) is 2.60. The minimum absolute atomic E-state index is 0.220. The molecule has 1 unspecified atom stereocenters. The average Bonchev–Trinajstić information content (AvgIpc) is 2.86. The second-order valence-electron chi connectivity index (χ2n) is 5.29. The van der Waals surface area contributed by atoms with Crippen LogP contribution in [-0.4, -0.2) is 9.55 Å². The van der Waals surface area contributed by atoms with E-state index in [2.05, 4.69) is 53.5 Å². The second-order valence-corrected chi connectivity index (χ2v) is 5.29. The van der Waals surface area contributed by atoms with Crippen molar-refractivity contribution in [1.29, 1.82) is 0 Å². The lowest BCUT2D eigenvalue weighted by atomic mass is 9.90. The zero-order chi connectivity index (χ0) is 14.7. The Kier molecular flexibility index (Phi) is 3.73. The van der Waals surface area contributed by atoms with Gasteiger partial charge in [0.25, 0.3) is 0 Å². The van der Waals surface area contributed by atoms with Crippen LogP contribution in [-0.2, 0) is 13.5 Å². The van der Waals surface area contributed by atoms with Crippen LogP contribution in [0.2, 0.25) is 0 Å². The van der Waals surface area contributed by atoms with Crippen molar-refractivity contribution >= 4 is 5.95 Å². The van der Waals surface area contributed by atoms with Crippen molar-refractivity contribution in [3.8, 4) is 0 Å². The summed E-state index contributed by atoms with van der Waals surface area (Å²) in [6.07, 6.45) is 2.94. The zero-order valence-electron chi connectivity index (χ0n) is 12.1. The minimum atomic E-state index is 0.220. The molecule has 3 rings (SSSR count). The summed E-state index contributed by atoms with van der Waals surface area (Å²) in [5.41, 5.74) is 9.49. The molecule has 0 radical (unpaired) electrons. The molecular weight excluding hydrogens is 258 g/mol. The molecule has 106 valence electrons. The molecule has 2 aromatic carbocycles. The summed E-state index contributed by atoms with van der Waals surface area (Å²) in [5, 5.41) is 0. The summed E-state index contributed by atoms with van der Waals surface area (Å²) in [7, 11) is 1.93. The number of nitrogens with zero attached hydrogens (tertiary/aromatic N) is 2. The number of aryl methyl sites for hydroxylation is 1. The number of hydrogen-bond acceptors (Lipinski definition) is 2. The maximum Gasteiger partial charge on any atom is 0.200 e. The molecule has 1 aromatic heterocycles. The first-order valence-corrected chi connectivity index (χ1v) is 7.11. The van der Waals surface area contributed by atoms with E-state index in [4.69, 9.17) is 5.73 Å². The Labute approximate surface area is 125 Å². The van der Waals surface area contributed by atoms with E-state index in [0.29, 0.717) is 5.95 Å². The monoisotopic (exact) mass is 277 g/mol. The highest BCUT2D eigenvalue weighted by molar-refractivity contribution is 5.34. The third-order valence-corrected chi connectivity index (χ3v) is 3.77. The fraction of sp³-hybridized carbons (Fsp3) is 0.167. The van der Waals surface area contributed by atoms with Gasteiger partial charge in [-0.25, -0.2) is 4.98 Å². The van der Waals surface area contributed by atoms with E-state index in [9.17, 15) is 0 Å². The molecule has 0 spiro atoms. The maximum atomic E-state index is 5.90. The molecule has 0 saturated heterocycles. The second kappa shape index (κ2) is 5.83. The van der Waals surface area contributed by atoms with E-state index in [1.54, 1.807) is 0 Å². The number of nitrogens with two attached hydrogens (primary N) is 1. The molecule has 3 nitrogen and oxygen atoms in total. The third-order valence-electron chi connectivity index (χ3n) is 3.77. The normalized spacial score (nSPS) is 12.2. The van der Waals surface area contributed by atoms with Gasteiger partial charge in [-0.2, -0.15) is 0 Å². The Morgan fingerprint density at radius 2 is 1.62 bits per heavy atom. The topological polar surface area (TPSA) is 43.8 Å². The summed E-state index contributed by atoms with van der Waals surface area (Å²) in [5.74, 6) is 0.774. The van der Waals surface area contributed by atoms with E-state index in [-0.39, 0.29) is 5.92 Å². The number of anilines is 1. The van der Waals surface area contributed by atoms with Crippen LogP contribution < -0.4 is 5.73 Å². The Balaban J connectivity index is 1.99. The maximum absolute atomic E-state index is 5.90. The van der Waals surface area contributed by atoms with E-state index < -0.39 is 0 Å². The van der Waals surface area contributed by atoms with Crippen molar-refractivity contribution in [3.05, 3.63) is 83.7 Å². The lowest BCUT2D eigenvalue weighted by molar-refractivity contribution is 0.778. The van der Waals surface area contributed by atoms with Gasteiger partial charge in [0.2, 0.25) is 0 Å². The molecular formula is C18H19N3. The van der Waals surface area contributed by atoms with Crippen molar-refractivity contribution in [3.63, 3.8) is 0 Å². The van der Waals surface area contributed by atoms with Crippen LogP contribution in [0.25, 0.3) is 0 Å². The number of rotatable bonds is 4. The molecule has 2 N–H and O–H groups in total. The first-order valence-electron chi connectivity index (χ1n) is 7.11. The molecule has 0 amide bonds. The summed E-state index contributed by atoms with van der Waals surface area (Å²) < 4.78 is 1.87. The van der Waals surface area contributed by atoms with Crippen LogP contribution in [0.5, 0.6) is 0 Å². The highest BCUT2D eigenvalue weighted by Crippen LogP contribution is 2.28. The van der Waals surface area contributed by atoms with Crippen molar-refractivity contribution in [2.45, 2.75) is 12.3 Å². The number of benzene rings is 2. The highest BCUT2D eigenvalue weighted by Gasteiger charge is 2.18. The van der Waals surface area contributed by atoms with Crippen molar-refractivity contribution in [2.75, 3.05) is 5.73 Å². The van der Waals surface area contributed by atoms with Crippen LogP contribution in [0.15, 0.2) is 66.9 Å². The summed E-state index contributed by atoms with van der Waals surface area (Å²) in [6, 6.07) is 21.0. The van der Waals surface area contributed by atoms with Crippen molar-refractivity contribution in [2.24, 2.45) is 7.05 Å². The van der Waals surface area contributed by atoms with Gasteiger partial charge in [0, 0.05) is 19.2 Å². The van der Waals surface area contributed by atoms with Gasteiger partial charge in [0.1, 0.15) is 0 Å². The molecule has 1 atom stereocenters. The average molecular weight is 277 g/mol. The molecule has 0 aliphatic rings. The summed E-state index contributed by atoms with van der Waals surface area (Å²) in [4.78, 5) is 4.52. The van der Waals surface area contributed by atoms with Crippen molar-refractivity contribution < 1.29 is 0 Å². The molecule has 0 bridgehead atoms. The number of hydrogen-bond donors (Lipinski definition) is 1. The molecule has 0 saturated carbocycles. The van der Waals surface area contributed by atoms with Gasteiger partial charge in [0.05, 0.1) is 5.69 Å². The van der Waals surface area contributed by atoms with Crippen LogP contribution in [0, 0.1) is 0 Å². The van der Waals surface area contributed by atoms with Gasteiger partial charge in [0.15, 0.2) is 5.95 Å². The van der Waals surface area contributed by atoms with Gasteiger partial charge >= 0.3 is 0 Å². The molecule has 3 heteroatoms. The van der Waals surface area contributed by atoms with E-state index in [1.165, 1.54) is 11.1 Å². The van der Waals surface area contributed by atoms with E-state index in [0.717, 1.165) is 12.1 Å². The standard InChI is InChI=1S/C18H19N3/c1-21-13-17(20-18(21)19)16(15-10-6-3-7-11-15)12-14-8-4-2-5-9-14/h2-11,13,16H,12H2,1H3,(H2,19,20). The molecule has 0 fully saturated rings. The largest absolute Gasteiger partial charge is 0.369 e. The summed E-state index contributed by atoms with van der Waals surface area (Å²) in [6.45, 7) is 0. The van der Waals surface area contributed by atoms with Crippen LogP contribution in [0.3, 0.4) is 0 Å². The predicted octanol–water partition coefficient (Wildman–Crippen LogP) is 3.38. The summed E-state index contributed by atoms with van der Waals surface area (Å²) >= 11 is 0. The fourth-order valence-electron chi connectivity index (χ4n) is 2.60. The van der Waals surface area contributed by atoms with E-state index in [1.807, 2.05) is 29.9 Å².